The van der Waals surface area contributed by atoms with Crippen LogP contribution in [-0.4, -0.2) is 35.4 Å². The van der Waals surface area contributed by atoms with Crippen molar-refractivity contribution in [2.24, 2.45) is 4.99 Å². The zero-order valence-corrected chi connectivity index (χ0v) is 17.6. The van der Waals surface area contributed by atoms with Gasteiger partial charge in [0.1, 0.15) is 5.75 Å². The van der Waals surface area contributed by atoms with Gasteiger partial charge in [-0.1, -0.05) is 30.3 Å². The van der Waals surface area contributed by atoms with Gasteiger partial charge in [0.15, 0.2) is 0 Å². The van der Waals surface area contributed by atoms with Crippen LogP contribution >= 0.6 is 45.2 Å². The quantitative estimate of drug-likeness (QED) is 0.447. The van der Waals surface area contributed by atoms with Crippen LogP contribution in [-0.2, 0) is 6.54 Å². The van der Waals surface area contributed by atoms with E-state index < -0.39 is 0 Å². The number of benzene rings is 2. The number of aliphatic imine (C=N–C) groups is 1. The molecule has 0 aromatic heterocycles. The third-order valence-corrected chi connectivity index (χ3v) is 5.73. The lowest BCUT2D eigenvalue weighted by Crippen LogP contribution is -2.34. The van der Waals surface area contributed by atoms with Crippen LogP contribution in [0.1, 0.15) is 24.0 Å². The SMILES string of the molecule is Oc1c(I)cc(I)cc1C=NC1CCN(Cc2ccccc2)CC1. The number of aromatic hydroxyl groups is 1. The second kappa shape index (κ2) is 8.62. The highest BCUT2D eigenvalue weighted by Gasteiger charge is 2.18. The molecule has 0 unspecified atom stereocenters. The number of piperidine rings is 1. The maximum Gasteiger partial charge on any atom is 0.137 e. The summed E-state index contributed by atoms with van der Waals surface area (Å²) >= 11 is 4.43. The molecule has 126 valence electrons. The summed E-state index contributed by atoms with van der Waals surface area (Å²) in [4.78, 5) is 7.21. The van der Waals surface area contributed by atoms with Crippen LogP contribution < -0.4 is 0 Å². The molecule has 0 radical (unpaired) electrons. The van der Waals surface area contributed by atoms with E-state index in [1.54, 1.807) is 0 Å². The maximum absolute atomic E-state index is 10.1. The minimum absolute atomic E-state index is 0.335. The molecular weight excluding hydrogens is 526 g/mol. The highest BCUT2D eigenvalue weighted by atomic mass is 127. The van der Waals surface area contributed by atoms with E-state index >= 15 is 0 Å². The van der Waals surface area contributed by atoms with E-state index in [2.05, 4.69) is 80.4 Å². The van der Waals surface area contributed by atoms with Gasteiger partial charge in [0.05, 0.1) is 9.61 Å². The predicted molar refractivity (Wildman–Crippen MR) is 116 cm³/mol. The Hall–Kier alpha value is -0.670. The summed E-state index contributed by atoms with van der Waals surface area (Å²) in [6.45, 7) is 3.17. The molecule has 2 aromatic rings. The van der Waals surface area contributed by atoms with Gasteiger partial charge in [0, 0.05) is 35.0 Å². The summed E-state index contributed by atoms with van der Waals surface area (Å²) in [6, 6.07) is 14.9. The van der Waals surface area contributed by atoms with Gasteiger partial charge in [-0.25, -0.2) is 0 Å². The highest BCUT2D eigenvalue weighted by molar-refractivity contribution is 14.1. The predicted octanol–water partition coefficient (Wildman–Crippen LogP) is 4.68. The van der Waals surface area contributed by atoms with Gasteiger partial charge >= 0.3 is 0 Å². The molecule has 1 aliphatic heterocycles. The largest absolute Gasteiger partial charge is 0.506 e. The zero-order valence-electron chi connectivity index (χ0n) is 13.3. The average Bonchev–Trinajstić information content (AvgIpc) is 2.59. The molecule has 1 aliphatic rings. The first-order valence-electron chi connectivity index (χ1n) is 8.09. The number of likely N-dealkylation sites (tertiary alicyclic amines) is 1. The van der Waals surface area contributed by atoms with Gasteiger partial charge < -0.3 is 5.11 Å². The van der Waals surface area contributed by atoms with Crippen LogP contribution in [0, 0.1) is 7.14 Å². The fraction of sp³-hybridized carbons (Fsp3) is 0.316. The molecule has 1 fully saturated rings. The highest BCUT2D eigenvalue weighted by Crippen LogP contribution is 2.26. The van der Waals surface area contributed by atoms with Gasteiger partial charge in [0.2, 0.25) is 0 Å². The van der Waals surface area contributed by atoms with Crippen molar-refractivity contribution in [2.45, 2.75) is 25.4 Å². The molecule has 0 saturated carbocycles. The first-order valence-corrected chi connectivity index (χ1v) is 10.2. The van der Waals surface area contributed by atoms with Crippen molar-refractivity contribution in [1.82, 2.24) is 4.90 Å². The summed E-state index contributed by atoms with van der Waals surface area (Å²) in [6.07, 6.45) is 3.99. The minimum atomic E-state index is 0.335. The van der Waals surface area contributed by atoms with Crippen LogP contribution in [0.5, 0.6) is 5.75 Å². The first-order chi connectivity index (χ1) is 11.6. The number of hydrogen-bond acceptors (Lipinski definition) is 3. The Labute approximate surface area is 170 Å². The second-order valence-electron chi connectivity index (χ2n) is 6.10. The number of halogens is 2. The second-order valence-corrected chi connectivity index (χ2v) is 8.50. The number of nitrogens with zero attached hydrogens (tertiary/aromatic N) is 2. The van der Waals surface area contributed by atoms with Crippen LogP contribution in [0.15, 0.2) is 47.5 Å². The molecule has 3 rings (SSSR count). The number of phenolic OH excluding ortho intramolecular Hbond substituents is 1. The van der Waals surface area contributed by atoms with E-state index in [0.717, 1.165) is 45.2 Å². The summed E-state index contributed by atoms with van der Waals surface area (Å²) in [7, 11) is 0. The molecule has 24 heavy (non-hydrogen) atoms. The minimum Gasteiger partial charge on any atom is -0.506 e. The van der Waals surface area contributed by atoms with Crippen LogP contribution in [0.2, 0.25) is 0 Å². The van der Waals surface area contributed by atoms with E-state index in [9.17, 15) is 5.11 Å². The van der Waals surface area contributed by atoms with Crippen LogP contribution in [0.4, 0.5) is 0 Å². The Balaban J connectivity index is 1.56. The maximum atomic E-state index is 10.1. The van der Waals surface area contributed by atoms with Crippen LogP contribution in [0.25, 0.3) is 0 Å². The fourth-order valence-corrected chi connectivity index (χ4v) is 4.83. The van der Waals surface area contributed by atoms with Crippen molar-refractivity contribution in [3.05, 3.63) is 60.7 Å². The summed E-state index contributed by atoms with van der Waals surface area (Å²) in [5, 5.41) is 10.1. The Morgan fingerprint density at radius 3 is 2.54 bits per heavy atom. The smallest absolute Gasteiger partial charge is 0.137 e. The molecule has 1 saturated heterocycles. The van der Waals surface area contributed by atoms with Crippen molar-refractivity contribution >= 4 is 51.4 Å². The van der Waals surface area contributed by atoms with Crippen molar-refractivity contribution in [1.29, 1.82) is 0 Å². The molecule has 5 heteroatoms. The standard InChI is InChI=1S/C19H20I2N2O/c20-16-10-15(19(24)18(21)11-16)12-22-17-6-8-23(9-7-17)13-14-4-2-1-3-5-14/h1-5,10-12,17,24H,6-9,13H2. The van der Waals surface area contributed by atoms with Gasteiger partial charge in [-0.05, 0) is 75.7 Å². The van der Waals surface area contributed by atoms with E-state index in [1.807, 2.05) is 18.3 Å². The number of rotatable bonds is 4. The summed E-state index contributed by atoms with van der Waals surface area (Å²) in [5.74, 6) is 0.335. The van der Waals surface area contributed by atoms with Crippen LogP contribution in [0.3, 0.4) is 0 Å². The fourth-order valence-electron chi connectivity index (χ4n) is 2.94. The molecule has 0 spiro atoms. The van der Waals surface area contributed by atoms with Gasteiger partial charge in [-0.15, -0.1) is 0 Å². The van der Waals surface area contributed by atoms with Crippen molar-refractivity contribution in [3.8, 4) is 5.75 Å². The van der Waals surface area contributed by atoms with Gasteiger partial charge in [-0.3, -0.25) is 9.89 Å². The van der Waals surface area contributed by atoms with Crippen molar-refractivity contribution in [2.75, 3.05) is 13.1 Å². The first kappa shape index (κ1) is 18.1. The van der Waals surface area contributed by atoms with Gasteiger partial charge in [0.25, 0.3) is 0 Å². The molecular formula is C19H20I2N2O. The molecule has 0 aliphatic carbocycles. The Morgan fingerprint density at radius 1 is 1.12 bits per heavy atom. The Morgan fingerprint density at radius 2 is 1.83 bits per heavy atom. The molecule has 1 heterocycles. The summed E-state index contributed by atoms with van der Waals surface area (Å²) in [5.41, 5.74) is 2.19. The number of hydrogen-bond donors (Lipinski definition) is 1. The normalized spacial score (nSPS) is 16.8. The molecule has 0 amide bonds. The summed E-state index contributed by atoms with van der Waals surface area (Å²) < 4.78 is 1.99. The average molecular weight is 546 g/mol. The van der Waals surface area contributed by atoms with E-state index in [1.165, 1.54) is 5.56 Å². The van der Waals surface area contributed by atoms with E-state index in [-0.39, 0.29) is 0 Å². The van der Waals surface area contributed by atoms with E-state index in [4.69, 9.17) is 4.99 Å². The molecule has 2 aromatic carbocycles. The lowest BCUT2D eigenvalue weighted by atomic mass is 10.0. The Bertz CT molecular complexity index is 711. The zero-order chi connectivity index (χ0) is 16.9. The monoisotopic (exact) mass is 546 g/mol. The molecule has 3 nitrogen and oxygen atoms in total. The third-order valence-electron chi connectivity index (χ3n) is 4.29. The lowest BCUT2D eigenvalue weighted by Gasteiger charge is -2.30. The molecule has 0 bridgehead atoms. The van der Waals surface area contributed by atoms with Gasteiger partial charge in [-0.2, -0.15) is 0 Å². The number of phenols is 1. The topological polar surface area (TPSA) is 35.8 Å². The van der Waals surface area contributed by atoms with Crippen molar-refractivity contribution in [3.63, 3.8) is 0 Å². The lowest BCUT2D eigenvalue weighted by molar-refractivity contribution is 0.206. The molecule has 0 atom stereocenters. The van der Waals surface area contributed by atoms with Crippen molar-refractivity contribution < 1.29 is 5.11 Å². The Kier molecular flexibility index (Phi) is 6.51. The van der Waals surface area contributed by atoms with E-state index in [0.29, 0.717) is 11.8 Å². The molecule has 1 N–H and O–H groups in total. The third kappa shape index (κ3) is 4.92.